The van der Waals surface area contributed by atoms with Crippen molar-refractivity contribution in [1.82, 2.24) is 5.32 Å². The number of hydrogen-bond acceptors (Lipinski definition) is 4. The topological polar surface area (TPSA) is 95.5 Å². The van der Waals surface area contributed by atoms with E-state index in [0.717, 1.165) is 17.7 Å². The lowest BCUT2D eigenvalue weighted by Gasteiger charge is -2.17. The molecule has 0 aromatic heterocycles. The summed E-state index contributed by atoms with van der Waals surface area (Å²) in [5, 5.41) is 14.6. The number of carboxylic acid groups (broad SMARTS) is 1. The normalized spacial score (nSPS) is 19.7. The molecule has 0 aliphatic heterocycles. The number of carbonyl (C=O) groups excluding carboxylic acids is 2. The Balaban J connectivity index is 1.67. The average Bonchev–Trinajstić information content (AvgIpc) is 2.98. The van der Waals surface area contributed by atoms with Crippen molar-refractivity contribution in [2.24, 2.45) is 5.92 Å². The van der Waals surface area contributed by atoms with E-state index >= 15 is 0 Å². The second kappa shape index (κ2) is 8.73. The number of aliphatic carboxylic acids is 1. The highest BCUT2D eigenvalue weighted by Crippen LogP contribution is 2.25. The van der Waals surface area contributed by atoms with E-state index in [2.05, 4.69) is 10.6 Å². The Labute approximate surface area is 145 Å². The molecule has 24 heavy (non-hydrogen) atoms. The molecule has 0 radical (unpaired) electrons. The van der Waals surface area contributed by atoms with Gasteiger partial charge in [0.05, 0.1) is 17.4 Å². The van der Waals surface area contributed by atoms with Crippen molar-refractivity contribution in [1.29, 1.82) is 0 Å². The van der Waals surface area contributed by atoms with Crippen molar-refractivity contribution in [3.8, 4) is 0 Å². The molecule has 0 bridgehead atoms. The minimum atomic E-state index is -0.858. The van der Waals surface area contributed by atoms with Crippen LogP contribution in [0.5, 0.6) is 0 Å². The number of benzene rings is 1. The van der Waals surface area contributed by atoms with E-state index in [4.69, 9.17) is 5.11 Å². The van der Waals surface area contributed by atoms with Crippen LogP contribution in [0.15, 0.2) is 24.3 Å². The van der Waals surface area contributed by atoms with Crippen molar-refractivity contribution >= 4 is 35.2 Å². The van der Waals surface area contributed by atoms with Crippen LogP contribution in [-0.4, -0.2) is 40.4 Å². The van der Waals surface area contributed by atoms with Crippen molar-refractivity contribution in [3.63, 3.8) is 0 Å². The van der Waals surface area contributed by atoms with Crippen LogP contribution in [0.2, 0.25) is 0 Å². The van der Waals surface area contributed by atoms with E-state index in [-0.39, 0.29) is 29.4 Å². The third kappa shape index (κ3) is 5.56. The van der Waals surface area contributed by atoms with Gasteiger partial charge in [0, 0.05) is 11.7 Å². The van der Waals surface area contributed by atoms with Gasteiger partial charge in [-0.2, -0.15) is 0 Å². The molecule has 1 aliphatic rings. The van der Waals surface area contributed by atoms with Gasteiger partial charge in [0.1, 0.15) is 0 Å². The van der Waals surface area contributed by atoms with Gasteiger partial charge in [-0.25, -0.2) is 0 Å². The second-order valence-corrected chi connectivity index (χ2v) is 6.94. The predicted octanol–water partition coefficient (Wildman–Crippen LogP) is 2.04. The van der Waals surface area contributed by atoms with Gasteiger partial charge in [0.25, 0.3) is 0 Å². The van der Waals surface area contributed by atoms with Crippen LogP contribution in [0, 0.1) is 12.8 Å². The summed E-state index contributed by atoms with van der Waals surface area (Å²) in [6.45, 7) is 1.97. The van der Waals surface area contributed by atoms with Gasteiger partial charge in [-0.05, 0) is 31.9 Å². The maximum Gasteiger partial charge on any atom is 0.308 e. The first kappa shape index (κ1) is 18.3. The third-order valence-corrected chi connectivity index (χ3v) is 4.91. The molecule has 2 rings (SSSR count). The van der Waals surface area contributed by atoms with Gasteiger partial charge in [-0.15, -0.1) is 11.8 Å². The number of rotatable bonds is 7. The zero-order valence-corrected chi connectivity index (χ0v) is 14.4. The van der Waals surface area contributed by atoms with Crippen molar-refractivity contribution < 1.29 is 19.5 Å². The molecular weight excluding hydrogens is 328 g/mol. The van der Waals surface area contributed by atoms with Gasteiger partial charge < -0.3 is 15.7 Å². The quantitative estimate of drug-likeness (QED) is 0.699. The average molecular weight is 350 g/mol. The van der Waals surface area contributed by atoms with Crippen LogP contribution in [0.4, 0.5) is 5.69 Å². The summed E-state index contributed by atoms with van der Waals surface area (Å²) >= 11 is 1.21. The van der Waals surface area contributed by atoms with E-state index in [9.17, 15) is 14.4 Å². The van der Waals surface area contributed by atoms with Crippen LogP contribution < -0.4 is 10.6 Å². The minimum absolute atomic E-state index is 0.143. The number of carbonyl (C=O) groups is 3. The molecule has 7 heteroatoms. The molecule has 0 saturated heterocycles. The fourth-order valence-corrected chi connectivity index (χ4v) is 3.38. The molecule has 2 amide bonds. The molecule has 2 atom stereocenters. The van der Waals surface area contributed by atoms with Crippen molar-refractivity contribution in [2.75, 3.05) is 16.8 Å². The number of amides is 2. The zero-order chi connectivity index (χ0) is 17.5. The lowest BCUT2D eigenvalue weighted by molar-refractivity contribution is -0.142. The third-order valence-electron chi connectivity index (χ3n) is 3.98. The molecule has 1 aromatic carbocycles. The van der Waals surface area contributed by atoms with Crippen LogP contribution in [0.25, 0.3) is 0 Å². The number of hydrogen-bond donors (Lipinski definition) is 3. The van der Waals surface area contributed by atoms with E-state index in [1.807, 2.05) is 31.2 Å². The summed E-state index contributed by atoms with van der Waals surface area (Å²) in [5.41, 5.74) is 1.84. The highest BCUT2D eigenvalue weighted by Gasteiger charge is 2.33. The van der Waals surface area contributed by atoms with Crippen LogP contribution >= 0.6 is 11.8 Å². The first-order valence-corrected chi connectivity index (χ1v) is 9.07. The molecule has 0 spiro atoms. The van der Waals surface area contributed by atoms with E-state index in [1.165, 1.54) is 11.8 Å². The zero-order valence-electron chi connectivity index (χ0n) is 13.6. The minimum Gasteiger partial charge on any atom is -0.481 e. The maximum absolute atomic E-state index is 11.9. The van der Waals surface area contributed by atoms with Crippen LogP contribution in [0.3, 0.4) is 0 Å². The number of thioether (sulfide) groups is 1. The van der Waals surface area contributed by atoms with Crippen molar-refractivity contribution in [3.05, 3.63) is 29.8 Å². The Kier molecular flexibility index (Phi) is 6.66. The first-order chi connectivity index (χ1) is 11.5. The number of aryl methyl sites for hydroxylation is 1. The van der Waals surface area contributed by atoms with Crippen LogP contribution in [0.1, 0.15) is 24.8 Å². The lowest BCUT2D eigenvalue weighted by Crippen LogP contribution is -2.41. The first-order valence-electron chi connectivity index (χ1n) is 7.92. The monoisotopic (exact) mass is 350 g/mol. The fourth-order valence-electron chi connectivity index (χ4n) is 2.75. The Bertz CT molecular complexity index is 603. The van der Waals surface area contributed by atoms with Crippen LogP contribution in [-0.2, 0) is 14.4 Å². The Morgan fingerprint density at radius 2 is 1.79 bits per heavy atom. The SMILES string of the molecule is Cc1ccc(NC(=O)CSCC(=O)N[C@@H]2CCC[C@@H]2C(=O)O)cc1. The van der Waals surface area contributed by atoms with Gasteiger partial charge in [-0.3, -0.25) is 14.4 Å². The lowest BCUT2D eigenvalue weighted by atomic mass is 10.0. The molecule has 130 valence electrons. The van der Waals surface area contributed by atoms with Gasteiger partial charge in [-0.1, -0.05) is 24.1 Å². The Hall–Kier alpha value is -2.02. The largest absolute Gasteiger partial charge is 0.481 e. The number of carboxylic acids is 1. The Morgan fingerprint density at radius 3 is 2.46 bits per heavy atom. The summed E-state index contributed by atoms with van der Waals surface area (Å²) in [4.78, 5) is 34.8. The molecule has 0 unspecified atom stereocenters. The smallest absolute Gasteiger partial charge is 0.308 e. The predicted molar refractivity (Wildman–Crippen MR) is 94.0 cm³/mol. The van der Waals surface area contributed by atoms with Gasteiger partial charge in [0.15, 0.2) is 0 Å². The highest BCUT2D eigenvalue weighted by molar-refractivity contribution is 8.00. The summed E-state index contributed by atoms with van der Waals surface area (Å²) in [7, 11) is 0. The molecule has 1 saturated carbocycles. The fraction of sp³-hybridized carbons (Fsp3) is 0.471. The number of anilines is 1. The van der Waals surface area contributed by atoms with Gasteiger partial charge in [0.2, 0.25) is 11.8 Å². The molecule has 1 aliphatic carbocycles. The van der Waals surface area contributed by atoms with E-state index in [0.29, 0.717) is 12.8 Å². The summed E-state index contributed by atoms with van der Waals surface area (Å²) in [6.07, 6.45) is 2.11. The summed E-state index contributed by atoms with van der Waals surface area (Å²) < 4.78 is 0. The Morgan fingerprint density at radius 1 is 1.12 bits per heavy atom. The summed E-state index contributed by atoms with van der Waals surface area (Å²) in [6, 6.07) is 7.19. The molecule has 1 aromatic rings. The maximum atomic E-state index is 11.9. The standard InChI is InChI=1S/C17H22N2O4S/c1-11-5-7-12(8-6-11)18-15(20)9-24-10-16(21)19-14-4-2-3-13(14)17(22)23/h5-8,13-14H,2-4,9-10H2,1H3,(H,18,20)(H,19,21)(H,22,23)/t13-,14+/m0/s1. The van der Waals surface area contributed by atoms with E-state index in [1.54, 1.807) is 0 Å². The molecule has 0 heterocycles. The van der Waals surface area contributed by atoms with Gasteiger partial charge >= 0.3 is 5.97 Å². The summed E-state index contributed by atoms with van der Waals surface area (Å²) in [5.74, 6) is -1.42. The molecule has 3 N–H and O–H groups in total. The van der Waals surface area contributed by atoms with Crippen molar-refractivity contribution in [2.45, 2.75) is 32.2 Å². The molecular formula is C17H22N2O4S. The molecule has 1 fully saturated rings. The molecule has 6 nitrogen and oxygen atoms in total. The van der Waals surface area contributed by atoms with E-state index < -0.39 is 11.9 Å². The number of nitrogens with one attached hydrogen (secondary N) is 2. The second-order valence-electron chi connectivity index (χ2n) is 5.96. The highest BCUT2D eigenvalue weighted by atomic mass is 32.2.